The van der Waals surface area contributed by atoms with Crippen LogP contribution in [0, 0.1) is 13.8 Å². The second-order valence-electron chi connectivity index (χ2n) is 5.51. The predicted octanol–water partition coefficient (Wildman–Crippen LogP) is 4.64. The first kappa shape index (κ1) is 15.8. The molecule has 3 nitrogen and oxygen atoms in total. The molecule has 0 aliphatic heterocycles. The van der Waals surface area contributed by atoms with Gasteiger partial charge in [0.25, 0.3) is 0 Å². The van der Waals surface area contributed by atoms with Crippen LogP contribution in [0.2, 0.25) is 5.02 Å². The summed E-state index contributed by atoms with van der Waals surface area (Å²) in [5.41, 5.74) is 3.46. The lowest BCUT2D eigenvalue weighted by Gasteiger charge is -2.11. The summed E-state index contributed by atoms with van der Waals surface area (Å²) in [6.07, 6.45) is 1.79. The molecule has 0 saturated carbocycles. The number of halogens is 1. The van der Waals surface area contributed by atoms with Crippen LogP contribution in [0.4, 0.5) is 0 Å². The largest absolute Gasteiger partial charge is 0.438 e. The van der Waals surface area contributed by atoms with E-state index in [0.29, 0.717) is 16.9 Å². The Morgan fingerprint density at radius 1 is 1.19 bits per heavy atom. The van der Waals surface area contributed by atoms with E-state index in [1.54, 1.807) is 6.20 Å². The van der Waals surface area contributed by atoms with Crippen LogP contribution >= 0.6 is 11.6 Å². The van der Waals surface area contributed by atoms with Crippen molar-refractivity contribution in [2.45, 2.75) is 40.3 Å². The number of pyridine rings is 1. The molecule has 1 aromatic heterocycles. The SMILES string of the molecule is Cc1ccc(Oc2ncc(CNC(C)C)cc2Cl)cc1C. The Morgan fingerprint density at radius 3 is 2.57 bits per heavy atom. The highest BCUT2D eigenvalue weighted by atomic mass is 35.5. The van der Waals surface area contributed by atoms with Gasteiger partial charge < -0.3 is 10.1 Å². The van der Waals surface area contributed by atoms with E-state index in [1.165, 1.54) is 11.1 Å². The van der Waals surface area contributed by atoms with Crippen LogP contribution in [0.25, 0.3) is 0 Å². The van der Waals surface area contributed by atoms with Crippen molar-refractivity contribution in [3.63, 3.8) is 0 Å². The topological polar surface area (TPSA) is 34.1 Å². The molecule has 0 radical (unpaired) electrons. The van der Waals surface area contributed by atoms with E-state index >= 15 is 0 Å². The van der Waals surface area contributed by atoms with Crippen LogP contribution in [0.15, 0.2) is 30.5 Å². The summed E-state index contributed by atoms with van der Waals surface area (Å²) in [5, 5.41) is 3.86. The standard InChI is InChI=1S/C17H21ClN2O/c1-11(2)19-9-14-8-16(18)17(20-10-14)21-15-6-5-12(3)13(4)7-15/h5-8,10-11,19H,9H2,1-4H3. The summed E-state index contributed by atoms with van der Waals surface area (Å²) >= 11 is 6.25. The number of hydrogen-bond donors (Lipinski definition) is 1. The van der Waals surface area contributed by atoms with Crippen molar-refractivity contribution in [3.05, 3.63) is 52.2 Å². The van der Waals surface area contributed by atoms with Gasteiger partial charge in [0.05, 0.1) is 0 Å². The molecular weight excluding hydrogens is 284 g/mol. The Labute approximate surface area is 131 Å². The van der Waals surface area contributed by atoms with Crippen molar-refractivity contribution in [2.75, 3.05) is 0 Å². The van der Waals surface area contributed by atoms with Gasteiger partial charge >= 0.3 is 0 Å². The molecule has 2 aromatic rings. The lowest BCUT2D eigenvalue weighted by atomic mass is 10.1. The summed E-state index contributed by atoms with van der Waals surface area (Å²) in [6.45, 7) is 9.07. The Morgan fingerprint density at radius 2 is 1.95 bits per heavy atom. The van der Waals surface area contributed by atoms with Gasteiger partial charge in [0.2, 0.25) is 5.88 Å². The van der Waals surface area contributed by atoms with Crippen LogP contribution in [-0.4, -0.2) is 11.0 Å². The molecule has 1 aromatic carbocycles. The molecule has 0 fully saturated rings. The molecule has 0 bridgehead atoms. The van der Waals surface area contributed by atoms with Gasteiger partial charge in [-0.05, 0) is 48.7 Å². The second-order valence-corrected chi connectivity index (χ2v) is 5.92. The summed E-state index contributed by atoms with van der Waals surface area (Å²) in [6, 6.07) is 8.26. The minimum atomic E-state index is 0.426. The van der Waals surface area contributed by atoms with Crippen LogP contribution in [-0.2, 0) is 6.54 Å². The molecule has 2 rings (SSSR count). The van der Waals surface area contributed by atoms with E-state index < -0.39 is 0 Å². The molecule has 1 heterocycles. The average Bonchev–Trinajstić information content (AvgIpc) is 2.43. The van der Waals surface area contributed by atoms with Crippen molar-refractivity contribution in [3.8, 4) is 11.6 Å². The summed E-state index contributed by atoms with van der Waals surface area (Å²) in [4.78, 5) is 4.31. The third kappa shape index (κ3) is 4.45. The zero-order valence-corrected chi connectivity index (χ0v) is 13.7. The molecule has 0 atom stereocenters. The van der Waals surface area contributed by atoms with Crippen LogP contribution in [0.3, 0.4) is 0 Å². The van der Waals surface area contributed by atoms with Gasteiger partial charge in [-0.1, -0.05) is 31.5 Å². The lowest BCUT2D eigenvalue weighted by molar-refractivity contribution is 0.462. The molecule has 21 heavy (non-hydrogen) atoms. The van der Waals surface area contributed by atoms with Crippen LogP contribution < -0.4 is 10.1 Å². The third-order valence-corrected chi connectivity index (χ3v) is 3.54. The fourth-order valence-electron chi connectivity index (χ4n) is 1.85. The van der Waals surface area contributed by atoms with E-state index in [4.69, 9.17) is 16.3 Å². The molecular formula is C17H21ClN2O. The summed E-state index contributed by atoms with van der Waals surface area (Å²) in [7, 11) is 0. The maximum Gasteiger partial charge on any atom is 0.238 e. The molecule has 0 spiro atoms. The average molecular weight is 305 g/mol. The fraction of sp³-hybridized carbons (Fsp3) is 0.353. The monoisotopic (exact) mass is 304 g/mol. The number of nitrogens with one attached hydrogen (secondary N) is 1. The Bertz CT molecular complexity index is 626. The highest BCUT2D eigenvalue weighted by Crippen LogP contribution is 2.28. The highest BCUT2D eigenvalue weighted by Gasteiger charge is 2.07. The Hall–Kier alpha value is -1.58. The summed E-state index contributed by atoms with van der Waals surface area (Å²) < 4.78 is 5.76. The minimum Gasteiger partial charge on any atom is -0.438 e. The number of nitrogens with zero attached hydrogens (tertiary/aromatic N) is 1. The van der Waals surface area contributed by atoms with Crippen molar-refractivity contribution < 1.29 is 4.74 Å². The zero-order valence-electron chi connectivity index (χ0n) is 12.9. The van der Waals surface area contributed by atoms with Gasteiger partial charge in [-0.2, -0.15) is 0 Å². The first-order valence-corrected chi connectivity index (χ1v) is 7.46. The van der Waals surface area contributed by atoms with Crippen molar-refractivity contribution >= 4 is 11.6 Å². The van der Waals surface area contributed by atoms with E-state index in [-0.39, 0.29) is 0 Å². The maximum atomic E-state index is 6.25. The second kappa shape index (κ2) is 6.92. The molecule has 0 saturated heterocycles. The normalized spacial score (nSPS) is 11.0. The quantitative estimate of drug-likeness (QED) is 0.873. The number of aromatic nitrogens is 1. The number of ether oxygens (including phenoxy) is 1. The van der Waals surface area contributed by atoms with E-state index in [0.717, 1.165) is 17.9 Å². The van der Waals surface area contributed by atoms with E-state index in [9.17, 15) is 0 Å². The van der Waals surface area contributed by atoms with E-state index in [2.05, 4.69) is 38.0 Å². The van der Waals surface area contributed by atoms with Gasteiger partial charge in [-0.3, -0.25) is 0 Å². The summed E-state index contributed by atoms with van der Waals surface area (Å²) in [5.74, 6) is 1.19. The molecule has 0 aliphatic carbocycles. The third-order valence-electron chi connectivity index (χ3n) is 3.27. The Kier molecular flexibility index (Phi) is 5.21. The molecule has 0 amide bonds. The predicted molar refractivity (Wildman–Crippen MR) is 87.2 cm³/mol. The molecule has 4 heteroatoms. The van der Waals surface area contributed by atoms with Crippen LogP contribution in [0.5, 0.6) is 11.6 Å². The first-order valence-electron chi connectivity index (χ1n) is 7.08. The smallest absolute Gasteiger partial charge is 0.238 e. The van der Waals surface area contributed by atoms with Gasteiger partial charge in [-0.15, -0.1) is 0 Å². The molecule has 0 aliphatic rings. The van der Waals surface area contributed by atoms with Crippen LogP contribution in [0.1, 0.15) is 30.5 Å². The van der Waals surface area contributed by atoms with E-state index in [1.807, 2.05) is 24.3 Å². The number of benzene rings is 1. The van der Waals surface area contributed by atoms with Gasteiger partial charge in [0.15, 0.2) is 0 Å². The minimum absolute atomic E-state index is 0.426. The number of aryl methyl sites for hydroxylation is 2. The first-order chi connectivity index (χ1) is 9.95. The van der Waals surface area contributed by atoms with Crippen molar-refractivity contribution in [1.29, 1.82) is 0 Å². The molecule has 1 N–H and O–H groups in total. The molecule has 112 valence electrons. The van der Waals surface area contributed by atoms with Gasteiger partial charge in [-0.25, -0.2) is 4.98 Å². The fourth-order valence-corrected chi connectivity index (χ4v) is 2.08. The number of hydrogen-bond acceptors (Lipinski definition) is 3. The lowest BCUT2D eigenvalue weighted by Crippen LogP contribution is -2.21. The zero-order chi connectivity index (χ0) is 15.4. The van der Waals surface area contributed by atoms with Crippen molar-refractivity contribution in [2.24, 2.45) is 0 Å². The Balaban J connectivity index is 2.11. The van der Waals surface area contributed by atoms with Gasteiger partial charge in [0, 0.05) is 18.8 Å². The van der Waals surface area contributed by atoms with Crippen molar-refractivity contribution in [1.82, 2.24) is 10.3 Å². The molecule has 0 unspecified atom stereocenters. The maximum absolute atomic E-state index is 6.25. The number of rotatable bonds is 5. The highest BCUT2D eigenvalue weighted by molar-refractivity contribution is 6.31. The van der Waals surface area contributed by atoms with Gasteiger partial charge in [0.1, 0.15) is 10.8 Å².